The fourth-order valence-corrected chi connectivity index (χ4v) is 11.0. The number of aliphatic carboxylic acids is 3. The first kappa shape index (κ1) is 75.4. The number of aromatic nitrogens is 3. The molecule has 0 radical (unpaired) electrons. The zero-order valence-electron chi connectivity index (χ0n) is 54.9. The van der Waals surface area contributed by atoms with E-state index in [4.69, 9.17) is 5.73 Å². The Hall–Kier alpha value is -10.7. The maximum absolute atomic E-state index is 14.9. The van der Waals surface area contributed by atoms with Crippen molar-refractivity contribution >= 4 is 110 Å². The maximum atomic E-state index is 14.9. The summed E-state index contributed by atoms with van der Waals surface area (Å²) in [5.74, 6) is -13.4. The lowest BCUT2D eigenvalue weighted by Gasteiger charge is -2.27. The van der Waals surface area contributed by atoms with Crippen molar-refractivity contribution in [1.29, 1.82) is 0 Å². The van der Waals surface area contributed by atoms with Crippen LogP contribution in [0.1, 0.15) is 103 Å². The largest absolute Gasteiger partial charge is 0.481 e. The summed E-state index contributed by atoms with van der Waals surface area (Å²) in [7, 11) is 0. The van der Waals surface area contributed by atoms with Crippen molar-refractivity contribution in [2.75, 3.05) is 19.6 Å². The number of benzene rings is 3. The van der Waals surface area contributed by atoms with Gasteiger partial charge >= 0.3 is 17.9 Å². The molecule has 0 unspecified atom stereocenters. The Bertz CT molecular complexity index is 3800. The van der Waals surface area contributed by atoms with Gasteiger partial charge in [-0.25, -0.2) is 4.79 Å². The number of H-pyrrole nitrogens is 3. The Kier molecular flexibility index (Phi) is 28.2. The highest BCUT2D eigenvalue weighted by Crippen LogP contribution is 2.23. The molecule has 30 heteroatoms. The number of carboxylic acid groups (broad SMARTS) is 3. The molecule has 522 valence electrons. The Morgan fingerprint density at radius 1 is 0.371 bits per heavy atom. The zero-order valence-corrected chi connectivity index (χ0v) is 54.9. The quantitative estimate of drug-likeness (QED) is 0.0258. The van der Waals surface area contributed by atoms with E-state index in [-0.39, 0.29) is 56.3 Å². The molecule has 3 aromatic heterocycles. The first-order chi connectivity index (χ1) is 46.1. The summed E-state index contributed by atoms with van der Waals surface area (Å²) < 4.78 is 0. The van der Waals surface area contributed by atoms with E-state index < -0.39 is 171 Å². The number of amides is 10. The van der Waals surface area contributed by atoms with E-state index in [1.54, 1.807) is 109 Å². The SMILES string of the molecule is CC(C)C[C@H](NC(=O)[C@H](CC(C)C)NC(=O)[C@H](CCC(=O)O)NC(=O)[C@H](Cc1c[nH]c2ccccc12)NC(=O)[C@H](Cc1c[nH]c2ccccc12)NC(=O)CNC(=O)[C@H](CCC(=O)O)NC(=O)CNC(=O)[C@H](CC(C)C)NC(=O)[C@H](Cc1c[nH]c2ccccc12)NC(=O)CN)C(=O)O. The van der Waals surface area contributed by atoms with Crippen molar-refractivity contribution in [3.05, 3.63) is 108 Å². The molecule has 6 aromatic rings. The number of carbonyl (C=O) groups is 13. The van der Waals surface area contributed by atoms with Gasteiger partial charge < -0.3 is 89.2 Å². The lowest BCUT2D eigenvalue weighted by atomic mass is 9.99. The van der Waals surface area contributed by atoms with E-state index in [2.05, 4.69) is 68.1 Å². The van der Waals surface area contributed by atoms with Crippen LogP contribution in [0.25, 0.3) is 32.7 Å². The maximum Gasteiger partial charge on any atom is 0.326 e. The Morgan fingerprint density at radius 3 is 1.04 bits per heavy atom. The van der Waals surface area contributed by atoms with Crippen LogP contribution in [0.4, 0.5) is 0 Å². The molecule has 18 N–H and O–H groups in total. The number of carbonyl (C=O) groups excluding carboxylic acids is 10. The number of aromatic amines is 3. The fourth-order valence-electron chi connectivity index (χ4n) is 11.0. The molecule has 0 saturated carbocycles. The number of rotatable bonds is 39. The van der Waals surface area contributed by atoms with Gasteiger partial charge in [-0.15, -0.1) is 0 Å². The van der Waals surface area contributed by atoms with Crippen LogP contribution in [0.15, 0.2) is 91.4 Å². The summed E-state index contributed by atoms with van der Waals surface area (Å²) >= 11 is 0. The first-order valence-electron chi connectivity index (χ1n) is 32.1. The monoisotopic (exact) mass is 1340 g/mol. The zero-order chi connectivity index (χ0) is 71.0. The van der Waals surface area contributed by atoms with Crippen LogP contribution in [-0.4, -0.2) is 175 Å². The molecule has 10 amide bonds. The molecule has 0 aliphatic carbocycles. The van der Waals surface area contributed by atoms with E-state index >= 15 is 0 Å². The van der Waals surface area contributed by atoms with Crippen LogP contribution < -0.4 is 58.9 Å². The van der Waals surface area contributed by atoms with Crippen LogP contribution >= 0.6 is 0 Å². The second-order valence-electron chi connectivity index (χ2n) is 25.1. The minimum atomic E-state index is -1.64. The van der Waals surface area contributed by atoms with Gasteiger partial charge in [0.15, 0.2) is 0 Å². The Balaban J connectivity index is 1.19. The van der Waals surface area contributed by atoms with Gasteiger partial charge in [-0.1, -0.05) is 96.1 Å². The number of hydrogen-bond acceptors (Lipinski definition) is 14. The van der Waals surface area contributed by atoms with Crippen LogP contribution in [0, 0.1) is 17.8 Å². The fraction of sp³-hybridized carbons (Fsp3) is 0.448. The van der Waals surface area contributed by atoms with E-state index in [1.807, 2.05) is 24.3 Å². The van der Waals surface area contributed by atoms with E-state index in [0.29, 0.717) is 38.5 Å². The summed E-state index contributed by atoms with van der Waals surface area (Å²) in [6, 6.07) is 9.97. The number of carboxylic acids is 3. The second-order valence-corrected chi connectivity index (χ2v) is 25.1. The Labute approximate surface area is 558 Å². The molecule has 0 aliphatic heterocycles. The number of nitrogens with one attached hydrogen (secondary N) is 13. The molecule has 97 heavy (non-hydrogen) atoms. The third kappa shape index (κ3) is 23.4. The van der Waals surface area contributed by atoms with Crippen LogP contribution in [0.2, 0.25) is 0 Å². The molecule has 30 nitrogen and oxygen atoms in total. The van der Waals surface area contributed by atoms with Gasteiger partial charge in [0.2, 0.25) is 59.1 Å². The predicted molar refractivity (Wildman–Crippen MR) is 356 cm³/mol. The van der Waals surface area contributed by atoms with Gasteiger partial charge in [-0.2, -0.15) is 0 Å². The van der Waals surface area contributed by atoms with Crippen molar-refractivity contribution in [3.8, 4) is 0 Å². The predicted octanol–water partition coefficient (Wildman–Crippen LogP) is 1.18. The number of nitrogens with two attached hydrogens (primary N) is 1. The van der Waals surface area contributed by atoms with E-state index in [1.165, 1.54) is 0 Å². The molecule has 3 heterocycles. The van der Waals surface area contributed by atoms with Crippen molar-refractivity contribution < 1.29 is 77.6 Å². The molecule has 0 spiro atoms. The summed E-state index contributed by atoms with van der Waals surface area (Å²) in [5, 5.41) is 56.8. The minimum absolute atomic E-state index is 0.0160. The van der Waals surface area contributed by atoms with Crippen molar-refractivity contribution in [2.45, 2.75) is 154 Å². The summed E-state index contributed by atoms with van der Waals surface area (Å²) in [5.41, 5.74) is 9.41. The number of hydrogen-bond donors (Lipinski definition) is 17. The number of fused-ring (bicyclic) bond motifs is 3. The summed E-state index contributed by atoms with van der Waals surface area (Å²) in [6.45, 7) is 8.58. The van der Waals surface area contributed by atoms with E-state index in [9.17, 15) is 77.6 Å². The van der Waals surface area contributed by atoms with Crippen LogP contribution in [0.5, 0.6) is 0 Å². The average molecular weight is 1350 g/mol. The highest BCUT2D eigenvalue weighted by atomic mass is 16.4. The molecular formula is C67H88N14O16. The highest BCUT2D eigenvalue weighted by molar-refractivity contribution is 5.99. The molecule has 0 saturated heterocycles. The van der Waals surface area contributed by atoms with Crippen molar-refractivity contribution in [3.63, 3.8) is 0 Å². The highest BCUT2D eigenvalue weighted by Gasteiger charge is 2.36. The lowest BCUT2D eigenvalue weighted by Crippen LogP contribution is -2.60. The third-order valence-electron chi connectivity index (χ3n) is 15.8. The molecule has 3 aromatic carbocycles. The van der Waals surface area contributed by atoms with Gasteiger partial charge in [0.05, 0.1) is 19.6 Å². The van der Waals surface area contributed by atoms with Crippen LogP contribution in [-0.2, 0) is 81.6 Å². The normalized spacial score (nSPS) is 13.8. The third-order valence-corrected chi connectivity index (χ3v) is 15.8. The van der Waals surface area contributed by atoms with Gasteiger partial charge in [0, 0.05) is 83.4 Å². The standard InChI is InChI=1S/C67H88N14O16/c1-35(2)23-49(78-64(93)51(75-55(82)29-68)26-38-30-69-44-16-10-7-13-41(38)44)61(90)73-33-56(83)74-47(19-21-58(85)86)60(89)72-34-57(84)76-52(27-39-31-70-45-17-11-8-14-42(39)45)65(94)80-53(28-40-32-71-46-18-12-9-15-43(40)46)66(95)77-48(20-22-59(87)88)62(91)79-50(24-36(3)4)63(92)81-54(67(96)97)25-37(5)6/h7-18,30-32,35-37,47-54,69-71H,19-29,33-34,68H2,1-6H3,(H,72,89)(H,73,90)(H,74,83)(H,75,82)(H,76,84)(H,77,95)(H,78,93)(H,79,91)(H,80,94)(H,81,92)(H,85,86)(H,87,88)(H,96,97)/t47-,48-,49-,50-,51-,52-,53-,54-/m0/s1. The first-order valence-corrected chi connectivity index (χ1v) is 32.1. The topological polar surface area (TPSA) is 476 Å². The van der Waals surface area contributed by atoms with Crippen LogP contribution in [0.3, 0.4) is 0 Å². The van der Waals surface area contributed by atoms with Crippen molar-refractivity contribution in [1.82, 2.24) is 68.1 Å². The molecule has 0 aliphatic rings. The number of para-hydroxylation sites is 3. The molecule has 0 fully saturated rings. The smallest absolute Gasteiger partial charge is 0.326 e. The lowest BCUT2D eigenvalue weighted by molar-refractivity contribution is -0.143. The molecule has 0 bridgehead atoms. The van der Waals surface area contributed by atoms with Gasteiger partial charge in [0.1, 0.15) is 48.3 Å². The molecular weight excluding hydrogens is 1260 g/mol. The second kappa shape index (κ2) is 36.3. The van der Waals surface area contributed by atoms with Gasteiger partial charge in [-0.05, 0) is 84.7 Å². The molecule has 8 atom stereocenters. The molecule has 6 rings (SSSR count). The summed E-state index contributed by atoms with van der Waals surface area (Å²) in [6.07, 6.45) is 2.32. The average Bonchev–Trinajstić information content (AvgIpc) is 1.75. The minimum Gasteiger partial charge on any atom is -0.481 e. The van der Waals surface area contributed by atoms with E-state index in [0.717, 1.165) is 10.9 Å². The van der Waals surface area contributed by atoms with Gasteiger partial charge in [0.25, 0.3) is 0 Å². The van der Waals surface area contributed by atoms with Crippen molar-refractivity contribution in [2.24, 2.45) is 23.5 Å². The summed E-state index contributed by atoms with van der Waals surface area (Å²) in [4.78, 5) is 185. The van der Waals surface area contributed by atoms with Gasteiger partial charge in [-0.3, -0.25) is 57.5 Å². The Morgan fingerprint density at radius 2 is 0.660 bits per heavy atom.